The lowest BCUT2D eigenvalue weighted by atomic mass is 9.85. The summed E-state index contributed by atoms with van der Waals surface area (Å²) in [7, 11) is 1.68. The third-order valence-corrected chi connectivity index (χ3v) is 6.84. The number of pyridine rings is 1. The number of Topliss-reactive ketones (excluding diaryl/α,β-unsaturated/α-hetero) is 1. The molecular formula is C29H33NO3. The first-order chi connectivity index (χ1) is 16.0. The molecule has 1 heterocycles. The normalized spacial score (nSPS) is 16.0. The molecule has 2 aromatic carbocycles. The topological polar surface area (TPSA) is 48.4 Å². The summed E-state index contributed by atoms with van der Waals surface area (Å²) in [5.74, 6) is 2.20. The molecule has 4 nitrogen and oxygen atoms in total. The Morgan fingerprint density at radius 2 is 1.79 bits per heavy atom. The van der Waals surface area contributed by atoms with Gasteiger partial charge in [0.15, 0.2) is 0 Å². The van der Waals surface area contributed by atoms with Crippen molar-refractivity contribution in [3.63, 3.8) is 0 Å². The van der Waals surface area contributed by atoms with Crippen LogP contribution in [0.3, 0.4) is 0 Å². The summed E-state index contributed by atoms with van der Waals surface area (Å²) < 4.78 is 11.8. The Kier molecular flexibility index (Phi) is 7.12. The van der Waals surface area contributed by atoms with Crippen molar-refractivity contribution in [3.8, 4) is 11.5 Å². The Bertz CT molecular complexity index is 1140. The van der Waals surface area contributed by atoms with E-state index in [-0.39, 0.29) is 5.92 Å². The van der Waals surface area contributed by atoms with Gasteiger partial charge in [0.2, 0.25) is 0 Å². The van der Waals surface area contributed by atoms with Gasteiger partial charge in [-0.25, -0.2) is 0 Å². The highest BCUT2D eigenvalue weighted by Gasteiger charge is 2.25. The molecule has 0 saturated heterocycles. The Labute approximate surface area is 197 Å². The fraction of sp³-hybridized carbons (Fsp3) is 0.379. The van der Waals surface area contributed by atoms with Gasteiger partial charge in [-0.2, -0.15) is 0 Å². The lowest BCUT2D eigenvalue weighted by molar-refractivity contribution is -0.120. The van der Waals surface area contributed by atoms with Crippen LogP contribution >= 0.6 is 0 Å². The van der Waals surface area contributed by atoms with Crippen molar-refractivity contribution in [1.82, 2.24) is 4.98 Å². The molecule has 0 spiro atoms. The summed E-state index contributed by atoms with van der Waals surface area (Å²) in [5, 5.41) is 0. The Balaban J connectivity index is 1.58. The van der Waals surface area contributed by atoms with Gasteiger partial charge in [0, 0.05) is 30.9 Å². The second-order valence-corrected chi connectivity index (χ2v) is 9.09. The average Bonchev–Trinajstić information content (AvgIpc) is 2.83. The number of ether oxygens (including phenoxy) is 2. The van der Waals surface area contributed by atoms with Gasteiger partial charge in [-0.1, -0.05) is 30.3 Å². The van der Waals surface area contributed by atoms with Crippen molar-refractivity contribution in [2.75, 3.05) is 7.11 Å². The predicted molar refractivity (Wildman–Crippen MR) is 131 cm³/mol. The second-order valence-electron chi connectivity index (χ2n) is 9.09. The van der Waals surface area contributed by atoms with E-state index in [1.807, 2.05) is 30.3 Å². The van der Waals surface area contributed by atoms with Crippen molar-refractivity contribution >= 4 is 5.78 Å². The van der Waals surface area contributed by atoms with Gasteiger partial charge < -0.3 is 9.47 Å². The number of rotatable bonds is 7. The number of aromatic nitrogens is 1. The van der Waals surface area contributed by atoms with Crippen molar-refractivity contribution in [2.45, 2.75) is 65.4 Å². The highest BCUT2D eigenvalue weighted by molar-refractivity contribution is 5.80. The molecule has 172 valence electrons. The van der Waals surface area contributed by atoms with E-state index in [1.165, 1.54) is 16.7 Å². The standard InChI is InChI=1S/C29H33NO3/c1-19-15-28(33-18-22-9-6-5-7-10-22)21(3)20(2)26(19)17-24-13-14-27(32-4)29(30-24)23-11-8-12-25(31)16-23/h5-7,9-10,13-15,23H,8,11-12,16-18H2,1-4H3. The highest BCUT2D eigenvalue weighted by Crippen LogP contribution is 2.36. The zero-order chi connectivity index (χ0) is 23.4. The highest BCUT2D eigenvalue weighted by atomic mass is 16.5. The van der Waals surface area contributed by atoms with Crippen LogP contribution in [0.4, 0.5) is 0 Å². The molecule has 1 saturated carbocycles. The van der Waals surface area contributed by atoms with E-state index in [4.69, 9.17) is 14.5 Å². The third-order valence-electron chi connectivity index (χ3n) is 6.84. The fourth-order valence-corrected chi connectivity index (χ4v) is 4.76. The van der Waals surface area contributed by atoms with Gasteiger partial charge in [0.1, 0.15) is 23.9 Å². The molecule has 4 heteroatoms. The van der Waals surface area contributed by atoms with E-state index in [9.17, 15) is 4.79 Å². The molecule has 1 unspecified atom stereocenters. The molecule has 0 bridgehead atoms. The van der Waals surface area contributed by atoms with E-state index in [2.05, 4.69) is 39.0 Å². The zero-order valence-corrected chi connectivity index (χ0v) is 20.1. The van der Waals surface area contributed by atoms with Gasteiger partial charge in [-0.15, -0.1) is 0 Å². The molecule has 33 heavy (non-hydrogen) atoms. The number of carbonyl (C=O) groups excluding carboxylic acids is 1. The number of methoxy groups -OCH3 is 1. The minimum atomic E-state index is 0.152. The number of aryl methyl sites for hydroxylation is 1. The molecule has 4 rings (SSSR count). The maximum atomic E-state index is 12.0. The van der Waals surface area contributed by atoms with Crippen LogP contribution in [0.1, 0.15) is 70.8 Å². The van der Waals surface area contributed by atoms with E-state index < -0.39 is 0 Å². The number of nitrogens with zero attached hydrogens (tertiary/aromatic N) is 1. The molecular weight excluding hydrogens is 410 g/mol. The number of benzene rings is 2. The minimum absolute atomic E-state index is 0.152. The smallest absolute Gasteiger partial charge is 0.140 e. The lowest BCUT2D eigenvalue weighted by Crippen LogP contribution is -2.16. The van der Waals surface area contributed by atoms with E-state index in [0.29, 0.717) is 25.2 Å². The molecule has 0 aliphatic heterocycles. The van der Waals surface area contributed by atoms with Crippen LogP contribution in [-0.2, 0) is 17.8 Å². The third kappa shape index (κ3) is 5.27. The van der Waals surface area contributed by atoms with Crippen molar-refractivity contribution < 1.29 is 14.3 Å². The summed E-state index contributed by atoms with van der Waals surface area (Å²) in [6.07, 6.45) is 3.92. The van der Waals surface area contributed by atoms with Crippen LogP contribution in [0.5, 0.6) is 11.5 Å². The summed E-state index contributed by atoms with van der Waals surface area (Å²) in [5.41, 5.74) is 7.98. The Morgan fingerprint density at radius 1 is 1.00 bits per heavy atom. The largest absolute Gasteiger partial charge is 0.495 e. The molecule has 1 fully saturated rings. The molecule has 1 atom stereocenters. The SMILES string of the molecule is COc1ccc(Cc2c(C)cc(OCc3ccccc3)c(C)c2C)nc1C1CCCC(=O)C1. The van der Waals surface area contributed by atoms with Gasteiger partial charge in [0.25, 0.3) is 0 Å². The molecule has 1 aromatic heterocycles. The van der Waals surface area contributed by atoms with Crippen LogP contribution < -0.4 is 9.47 Å². The Morgan fingerprint density at radius 3 is 2.52 bits per heavy atom. The first kappa shape index (κ1) is 23.0. The lowest BCUT2D eigenvalue weighted by Gasteiger charge is -2.23. The number of hydrogen-bond donors (Lipinski definition) is 0. The second kappa shape index (κ2) is 10.2. The first-order valence-corrected chi connectivity index (χ1v) is 11.8. The number of ketones is 1. The average molecular weight is 444 g/mol. The minimum Gasteiger partial charge on any atom is -0.495 e. The van der Waals surface area contributed by atoms with Crippen molar-refractivity contribution in [3.05, 3.63) is 87.7 Å². The molecule has 1 aliphatic rings. The van der Waals surface area contributed by atoms with Crippen LogP contribution in [-0.4, -0.2) is 17.9 Å². The predicted octanol–water partition coefficient (Wildman–Crippen LogP) is 6.41. The fourth-order valence-electron chi connectivity index (χ4n) is 4.76. The van der Waals surface area contributed by atoms with Crippen molar-refractivity contribution in [2.24, 2.45) is 0 Å². The summed E-state index contributed by atoms with van der Waals surface area (Å²) >= 11 is 0. The van der Waals surface area contributed by atoms with Crippen LogP contribution in [0.15, 0.2) is 48.5 Å². The first-order valence-electron chi connectivity index (χ1n) is 11.8. The molecule has 1 aliphatic carbocycles. The summed E-state index contributed by atoms with van der Waals surface area (Å²) in [6, 6.07) is 16.4. The van der Waals surface area contributed by atoms with Gasteiger partial charge in [0.05, 0.1) is 12.8 Å². The Hall–Kier alpha value is -3.14. The van der Waals surface area contributed by atoms with Crippen LogP contribution in [0.25, 0.3) is 0 Å². The van der Waals surface area contributed by atoms with Gasteiger partial charge in [-0.05, 0) is 79.6 Å². The van der Waals surface area contributed by atoms with E-state index in [1.54, 1.807) is 7.11 Å². The molecule has 0 amide bonds. The summed E-state index contributed by atoms with van der Waals surface area (Å²) in [4.78, 5) is 17.0. The van der Waals surface area contributed by atoms with Gasteiger partial charge >= 0.3 is 0 Å². The zero-order valence-electron chi connectivity index (χ0n) is 20.1. The maximum Gasteiger partial charge on any atom is 0.140 e. The quantitative estimate of drug-likeness (QED) is 0.423. The number of hydrogen-bond acceptors (Lipinski definition) is 4. The van der Waals surface area contributed by atoms with E-state index in [0.717, 1.165) is 53.3 Å². The maximum absolute atomic E-state index is 12.0. The van der Waals surface area contributed by atoms with Crippen LogP contribution in [0.2, 0.25) is 0 Å². The van der Waals surface area contributed by atoms with Gasteiger partial charge in [-0.3, -0.25) is 9.78 Å². The number of carbonyl (C=O) groups is 1. The van der Waals surface area contributed by atoms with E-state index >= 15 is 0 Å². The molecule has 3 aromatic rings. The molecule has 0 radical (unpaired) electrons. The molecule has 0 N–H and O–H groups in total. The van der Waals surface area contributed by atoms with Crippen molar-refractivity contribution in [1.29, 1.82) is 0 Å². The summed E-state index contributed by atoms with van der Waals surface area (Å²) in [6.45, 7) is 6.99. The monoisotopic (exact) mass is 443 g/mol. The van der Waals surface area contributed by atoms with Crippen LogP contribution in [0, 0.1) is 20.8 Å².